The Labute approximate surface area is 160 Å². The molecule has 134 valence electrons. The van der Waals surface area contributed by atoms with Crippen molar-refractivity contribution in [2.75, 3.05) is 37.6 Å². The molecule has 5 heteroatoms. The smallest absolute Gasteiger partial charge is 0.182 e. The first-order chi connectivity index (χ1) is 12.0. The van der Waals surface area contributed by atoms with E-state index in [9.17, 15) is 4.79 Å². The Morgan fingerprint density at radius 1 is 0.960 bits per heavy atom. The van der Waals surface area contributed by atoms with Gasteiger partial charge in [-0.25, -0.2) is 0 Å². The summed E-state index contributed by atoms with van der Waals surface area (Å²) in [5.74, 6) is 0.0659. The molecule has 0 N–H and O–H groups in total. The van der Waals surface area contributed by atoms with Gasteiger partial charge in [-0.2, -0.15) is 0 Å². The number of benzene rings is 2. The van der Waals surface area contributed by atoms with E-state index in [0.717, 1.165) is 25.3 Å². The Morgan fingerprint density at radius 3 is 2.28 bits per heavy atom. The van der Waals surface area contributed by atoms with E-state index in [-0.39, 0.29) is 12.3 Å². The number of carbonyl (C=O) groups excluding carboxylic acids is 1. The molecule has 0 saturated carbocycles. The highest BCUT2D eigenvalue weighted by molar-refractivity contribution is 6.35. The molecule has 0 fully saturated rings. The number of hydrogen-bond acceptors (Lipinski definition) is 3. The third kappa shape index (κ3) is 5.74. The average molecular weight is 379 g/mol. The second kappa shape index (κ2) is 9.81. The van der Waals surface area contributed by atoms with Gasteiger partial charge in [0.15, 0.2) is 5.78 Å². The Balaban J connectivity index is 2.22. The van der Waals surface area contributed by atoms with Crippen LogP contribution in [-0.4, -0.2) is 43.4 Å². The van der Waals surface area contributed by atoms with Crippen LogP contribution >= 0.6 is 23.2 Å². The fourth-order valence-corrected chi connectivity index (χ4v) is 3.11. The molecule has 0 radical (unpaired) electrons. The molecule has 2 aromatic rings. The van der Waals surface area contributed by atoms with E-state index in [1.165, 1.54) is 0 Å². The van der Waals surface area contributed by atoms with Crippen LogP contribution in [0, 0.1) is 0 Å². The van der Waals surface area contributed by atoms with Gasteiger partial charge in [0, 0.05) is 23.7 Å². The van der Waals surface area contributed by atoms with Gasteiger partial charge >= 0.3 is 0 Å². The Kier molecular flexibility index (Phi) is 7.76. The largest absolute Gasteiger partial charge is 0.361 e. The molecule has 0 atom stereocenters. The molecule has 0 aliphatic rings. The predicted octanol–water partition coefficient (Wildman–Crippen LogP) is 5.02. The molecule has 2 rings (SSSR count). The summed E-state index contributed by atoms with van der Waals surface area (Å²) in [4.78, 5) is 17.0. The van der Waals surface area contributed by atoms with Crippen molar-refractivity contribution < 1.29 is 4.79 Å². The van der Waals surface area contributed by atoms with Crippen LogP contribution < -0.4 is 4.90 Å². The van der Waals surface area contributed by atoms with E-state index < -0.39 is 0 Å². The highest BCUT2D eigenvalue weighted by atomic mass is 35.5. The Bertz CT molecular complexity index is 687. The lowest BCUT2D eigenvalue weighted by Gasteiger charge is -2.28. The van der Waals surface area contributed by atoms with Gasteiger partial charge in [0.25, 0.3) is 0 Å². The van der Waals surface area contributed by atoms with Crippen molar-refractivity contribution in [3.05, 3.63) is 64.1 Å². The third-order valence-electron chi connectivity index (χ3n) is 4.26. The predicted molar refractivity (Wildman–Crippen MR) is 107 cm³/mol. The maximum absolute atomic E-state index is 12.7. The summed E-state index contributed by atoms with van der Waals surface area (Å²) in [7, 11) is 0. The number of halogens is 2. The summed E-state index contributed by atoms with van der Waals surface area (Å²) >= 11 is 12.5. The zero-order valence-electron chi connectivity index (χ0n) is 14.7. The standard InChI is InChI=1S/C20H24Cl2N2O/c1-3-23(4-2)12-13-24(19-14-17(21)10-11-18(19)22)15-20(25)16-8-6-5-7-9-16/h5-11,14H,3-4,12-13,15H2,1-2H3. The zero-order valence-corrected chi connectivity index (χ0v) is 16.2. The molecule has 3 nitrogen and oxygen atoms in total. The third-order valence-corrected chi connectivity index (χ3v) is 4.81. The van der Waals surface area contributed by atoms with Crippen LogP contribution in [-0.2, 0) is 0 Å². The fourth-order valence-electron chi connectivity index (χ4n) is 2.70. The van der Waals surface area contributed by atoms with E-state index in [2.05, 4.69) is 18.7 Å². The molecule has 0 bridgehead atoms. The molecular weight excluding hydrogens is 355 g/mol. The van der Waals surface area contributed by atoms with Crippen LogP contribution in [0.1, 0.15) is 24.2 Å². The number of ketones is 1. The van der Waals surface area contributed by atoms with Gasteiger partial charge < -0.3 is 9.80 Å². The van der Waals surface area contributed by atoms with Crippen LogP contribution in [0.5, 0.6) is 0 Å². The molecule has 0 saturated heterocycles. The number of nitrogens with zero attached hydrogens (tertiary/aromatic N) is 2. The van der Waals surface area contributed by atoms with Crippen molar-refractivity contribution in [3.63, 3.8) is 0 Å². The molecule has 0 unspecified atom stereocenters. The van der Waals surface area contributed by atoms with Crippen molar-refractivity contribution in [1.82, 2.24) is 4.90 Å². The van der Waals surface area contributed by atoms with Gasteiger partial charge in [-0.3, -0.25) is 4.79 Å². The van der Waals surface area contributed by atoms with Gasteiger partial charge in [0.1, 0.15) is 0 Å². The van der Waals surface area contributed by atoms with E-state index in [0.29, 0.717) is 22.2 Å². The van der Waals surface area contributed by atoms with Gasteiger partial charge in [0.2, 0.25) is 0 Å². The first-order valence-electron chi connectivity index (χ1n) is 8.55. The van der Waals surface area contributed by atoms with Crippen molar-refractivity contribution >= 4 is 34.7 Å². The van der Waals surface area contributed by atoms with Crippen molar-refractivity contribution in [1.29, 1.82) is 0 Å². The van der Waals surface area contributed by atoms with Crippen LogP contribution in [0.3, 0.4) is 0 Å². The van der Waals surface area contributed by atoms with Crippen LogP contribution in [0.15, 0.2) is 48.5 Å². The molecular formula is C20H24Cl2N2O. The minimum absolute atomic E-state index is 0.0659. The molecule has 25 heavy (non-hydrogen) atoms. The first kappa shape index (κ1) is 19.8. The molecule has 0 aliphatic carbocycles. The van der Waals surface area contributed by atoms with Crippen LogP contribution in [0.25, 0.3) is 0 Å². The Morgan fingerprint density at radius 2 is 1.64 bits per heavy atom. The second-order valence-corrected chi connectivity index (χ2v) is 6.68. The molecule has 0 aliphatic heterocycles. The van der Waals surface area contributed by atoms with Gasteiger partial charge in [-0.05, 0) is 31.3 Å². The number of Topliss-reactive ketones (excluding diaryl/α,β-unsaturated/α-hetero) is 1. The molecule has 0 amide bonds. The number of rotatable bonds is 9. The highest BCUT2D eigenvalue weighted by Crippen LogP contribution is 2.29. The summed E-state index contributed by atoms with van der Waals surface area (Å²) in [6.07, 6.45) is 0. The topological polar surface area (TPSA) is 23.6 Å². The summed E-state index contributed by atoms with van der Waals surface area (Å²) in [6.45, 7) is 8.05. The minimum Gasteiger partial charge on any atom is -0.361 e. The lowest BCUT2D eigenvalue weighted by Crippen LogP contribution is -2.38. The number of hydrogen-bond donors (Lipinski definition) is 0. The first-order valence-corrected chi connectivity index (χ1v) is 9.31. The monoisotopic (exact) mass is 378 g/mol. The minimum atomic E-state index is 0.0659. The maximum atomic E-state index is 12.7. The van der Waals surface area contributed by atoms with E-state index in [1.54, 1.807) is 12.1 Å². The molecule has 2 aromatic carbocycles. The van der Waals surface area contributed by atoms with Crippen LogP contribution in [0.2, 0.25) is 10.0 Å². The van der Waals surface area contributed by atoms with Crippen LogP contribution in [0.4, 0.5) is 5.69 Å². The second-order valence-electron chi connectivity index (χ2n) is 5.83. The van der Waals surface area contributed by atoms with Crippen molar-refractivity contribution in [2.45, 2.75) is 13.8 Å². The summed E-state index contributed by atoms with van der Waals surface area (Å²) in [5.41, 5.74) is 1.50. The fraction of sp³-hybridized carbons (Fsp3) is 0.350. The van der Waals surface area contributed by atoms with E-state index in [1.807, 2.05) is 41.3 Å². The molecule has 0 spiro atoms. The van der Waals surface area contributed by atoms with Crippen molar-refractivity contribution in [2.24, 2.45) is 0 Å². The van der Waals surface area contributed by atoms with Gasteiger partial charge in [0.05, 0.1) is 17.3 Å². The Hall–Kier alpha value is -1.55. The maximum Gasteiger partial charge on any atom is 0.182 e. The number of anilines is 1. The SMILES string of the molecule is CCN(CC)CCN(CC(=O)c1ccccc1)c1cc(Cl)ccc1Cl. The summed E-state index contributed by atoms with van der Waals surface area (Å²) in [6, 6.07) is 14.7. The van der Waals surface area contributed by atoms with Crippen molar-refractivity contribution in [3.8, 4) is 0 Å². The van der Waals surface area contributed by atoms with E-state index >= 15 is 0 Å². The van der Waals surface area contributed by atoms with E-state index in [4.69, 9.17) is 23.2 Å². The number of carbonyl (C=O) groups is 1. The zero-order chi connectivity index (χ0) is 18.2. The highest BCUT2D eigenvalue weighted by Gasteiger charge is 2.17. The normalized spacial score (nSPS) is 10.9. The average Bonchev–Trinajstić information content (AvgIpc) is 2.64. The molecule has 0 aromatic heterocycles. The van der Waals surface area contributed by atoms with Gasteiger partial charge in [-0.1, -0.05) is 67.4 Å². The summed E-state index contributed by atoms with van der Waals surface area (Å²) in [5, 5.41) is 1.21. The lowest BCUT2D eigenvalue weighted by molar-refractivity contribution is 0.0998. The molecule has 0 heterocycles. The number of likely N-dealkylation sites (N-methyl/N-ethyl adjacent to an activating group) is 1. The lowest BCUT2D eigenvalue weighted by atomic mass is 10.1. The summed E-state index contributed by atoms with van der Waals surface area (Å²) < 4.78 is 0. The quantitative estimate of drug-likeness (QED) is 0.572. The van der Waals surface area contributed by atoms with Gasteiger partial charge in [-0.15, -0.1) is 0 Å².